The van der Waals surface area contributed by atoms with Crippen LogP contribution in [-0.4, -0.2) is 9.13 Å². The maximum Gasteiger partial charge on any atom is 0.137 e. The summed E-state index contributed by atoms with van der Waals surface area (Å²) in [5, 5.41) is 10.2. The van der Waals surface area contributed by atoms with Gasteiger partial charge in [0.2, 0.25) is 0 Å². The minimum Gasteiger partial charge on any atom is -0.456 e. The third kappa shape index (κ3) is 3.77. The van der Waals surface area contributed by atoms with E-state index in [0.717, 1.165) is 27.6 Å². The Morgan fingerprint density at radius 1 is 0.333 bits per heavy atom. The third-order valence-corrected chi connectivity index (χ3v) is 15.0. The molecule has 16 rings (SSSR count). The first-order valence-corrected chi connectivity index (χ1v) is 21.7. The SMILES string of the molecule is c1ccc2c(c1)C1c3ccc4c(c3C2c2c1ccc1c2c2ccccc2n1-c1cccc2sc3ccccc3c12)c1ccccc1n4-c1cccc2oc3ccccc3c12. The lowest BCUT2D eigenvalue weighted by Gasteiger charge is -2.43. The number of hydrogen-bond donors (Lipinski definition) is 0. The molecule has 4 aromatic heterocycles. The lowest BCUT2D eigenvalue weighted by Crippen LogP contribution is -2.28. The molecule has 9 aromatic carbocycles. The van der Waals surface area contributed by atoms with Crippen LogP contribution in [0.3, 0.4) is 0 Å². The summed E-state index contributed by atoms with van der Waals surface area (Å²) in [5.41, 5.74) is 17.7. The Morgan fingerprint density at radius 2 is 0.850 bits per heavy atom. The van der Waals surface area contributed by atoms with Crippen molar-refractivity contribution < 1.29 is 4.42 Å². The molecule has 3 nitrogen and oxygen atoms in total. The van der Waals surface area contributed by atoms with E-state index < -0.39 is 0 Å². The van der Waals surface area contributed by atoms with Gasteiger partial charge in [-0.3, -0.25) is 0 Å². The Bertz CT molecular complexity index is 3800. The molecule has 2 bridgehead atoms. The smallest absolute Gasteiger partial charge is 0.137 e. The van der Waals surface area contributed by atoms with Crippen LogP contribution in [0.2, 0.25) is 0 Å². The fourth-order valence-corrected chi connectivity index (χ4v) is 12.9. The van der Waals surface area contributed by atoms with Gasteiger partial charge in [0.15, 0.2) is 0 Å². The standard InChI is InChI=1S/C56H32N2OS/c1-2-14-32-31(13-1)49-37-27-29-43-52(33-15-3-7-19-39(33)57(43)41-21-11-24-46-50(41)35-17-5-9-23-45(35)59-46)55(37)54(32)56-38(49)28-30-44-53(56)34-16-4-8-20-40(34)58(44)42-22-12-26-48-51(42)36-18-6-10-25-47(36)60-48/h1-30,49,54H. The molecule has 3 aliphatic rings. The van der Waals surface area contributed by atoms with Gasteiger partial charge in [0, 0.05) is 58.9 Å². The Labute approximate surface area is 347 Å². The van der Waals surface area contributed by atoms with Gasteiger partial charge in [-0.1, -0.05) is 121 Å². The summed E-state index contributed by atoms with van der Waals surface area (Å²) in [6.07, 6.45) is 0. The molecule has 4 heteroatoms. The average Bonchev–Trinajstić information content (AvgIpc) is 4.06. The number of para-hydroxylation sites is 3. The van der Waals surface area contributed by atoms with Gasteiger partial charge >= 0.3 is 0 Å². The van der Waals surface area contributed by atoms with E-state index >= 15 is 0 Å². The zero-order chi connectivity index (χ0) is 38.8. The molecule has 0 radical (unpaired) electrons. The summed E-state index contributed by atoms with van der Waals surface area (Å²) >= 11 is 1.88. The Kier molecular flexibility index (Phi) is 5.89. The van der Waals surface area contributed by atoms with E-state index in [1.807, 2.05) is 11.3 Å². The van der Waals surface area contributed by atoms with Crippen LogP contribution in [0.1, 0.15) is 45.2 Å². The first-order chi connectivity index (χ1) is 29.8. The van der Waals surface area contributed by atoms with Crippen molar-refractivity contribution in [3.63, 3.8) is 0 Å². The number of nitrogens with zero attached hydrogens (tertiary/aromatic N) is 2. The fraction of sp³-hybridized carbons (Fsp3) is 0.0357. The summed E-state index contributed by atoms with van der Waals surface area (Å²) in [4.78, 5) is 0. The van der Waals surface area contributed by atoms with Gasteiger partial charge in [0.25, 0.3) is 0 Å². The second kappa shape index (κ2) is 11.2. The summed E-state index contributed by atoms with van der Waals surface area (Å²) in [5.74, 6) is 0.171. The second-order valence-corrected chi connectivity index (χ2v) is 17.7. The van der Waals surface area contributed by atoms with Crippen molar-refractivity contribution in [1.29, 1.82) is 0 Å². The maximum absolute atomic E-state index is 6.46. The molecule has 0 N–H and O–H groups in total. The Hall–Kier alpha value is -7.40. The molecule has 3 aliphatic carbocycles. The Balaban J connectivity index is 1.08. The lowest BCUT2D eigenvalue weighted by atomic mass is 9.59. The number of hydrogen-bond acceptors (Lipinski definition) is 2. The van der Waals surface area contributed by atoms with Crippen molar-refractivity contribution >= 4 is 97.1 Å². The van der Waals surface area contributed by atoms with Crippen LogP contribution >= 0.6 is 11.3 Å². The van der Waals surface area contributed by atoms with Gasteiger partial charge < -0.3 is 13.6 Å². The molecule has 4 heterocycles. The zero-order valence-electron chi connectivity index (χ0n) is 32.2. The third-order valence-electron chi connectivity index (χ3n) is 13.9. The van der Waals surface area contributed by atoms with Crippen LogP contribution in [0.5, 0.6) is 0 Å². The summed E-state index contributed by atoms with van der Waals surface area (Å²) in [7, 11) is 0. The molecule has 2 unspecified atom stereocenters. The van der Waals surface area contributed by atoms with Crippen LogP contribution in [0, 0.1) is 0 Å². The van der Waals surface area contributed by atoms with Gasteiger partial charge in [-0.05, 0) is 94.0 Å². The molecule has 0 saturated heterocycles. The minimum absolute atomic E-state index is 0.0467. The van der Waals surface area contributed by atoms with Crippen molar-refractivity contribution in [1.82, 2.24) is 9.13 Å². The van der Waals surface area contributed by atoms with Crippen LogP contribution in [0.15, 0.2) is 186 Å². The van der Waals surface area contributed by atoms with Crippen LogP contribution in [0.4, 0.5) is 0 Å². The largest absolute Gasteiger partial charge is 0.456 e. The predicted molar refractivity (Wildman–Crippen MR) is 250 cm³/mol. The van der Waals surface area contributed by atoms with E-state index in [9.17, 15) is 0 Å². The van der Waals surface area contributed by atoms with Crippen molar-refractivity contribution in [2.24, 2.45) is 0 Å². The van der Waals surface area contributed by atoms with E-state index in [1.54, 1.807) is 0 Å². The minimum atomic E-state index is 0.0467. The Morgan fingerprint density at radius 3 is 1.55 bits per heavy atom. The molecule has 0 amide bonds. The molecular formula is C56H32N2OS. The monoisotopic (exact) mass is 780 g/mol. The van der Waals surface area contributed by atoms with E-state index in [-0.39, 0.29) is 11.8 Å². The predicted octanol–water partition coefficient (Wildman–Crippen LogP) is 15.1. The summed E-state index contributed by atoms with van der Waals surface area (Å²) < 4.78 is 14.2. The quantitative estimate of drug-likeness (QED) is 0.171. The molecule has 0 spiro atoms. The number of fused-ring (bicyclic) bond motifs is 12. The highest BCUT2D eigenvalue weighted by atomic mass is 32.1. The molecular weight excluding hydrogens is 749 g/mol. The zero-order valence-corrected chi connectivity index (χ0v) is 33.0. The van der Waals surface area contributed by atoms with Gasteiger partial charge in [-0.2, -0.15) is 0 Å². The summed E-state index contributed by atoms with van der Waals surface area (Å²) in [6.45, 7) is 0. The van der Waals surface area contributed by atoms with Crippen LogP contribution in [0.25, 0.3) is 97.1 Å². The molecule has 278 valence electrons. The highest BCUT2D eigenvalue weighted by molar-refractivity contribution is 7.25. The van der Waals surface area contributed by atoms with Crippen molar-refractivity contribution in [2.45, 2.75) is 11.8 Å². The van der Waals surface area contributed by atoms with E-state index in [4.69, 9.17) is 4.42 Å². The highest BCUT2D eigenvalue weighted by Gasteiger charge is 2.44. The van der Waals surface area contributed by atoms with Crippen molar-refractivity contribution in [3.8, 4) is 11.4 Å². The normalized spacial score (nSPS) is 15.7. The topological polar surface area (TPSA) is 23.0 Å². The first-order valence-electron chi connectivity index (χ1n) is 20.8. The van der Waals surface area contributed by atoms with Gasteiger partial charge in [-0.25, -0.2) is 0 Å². The summed E-state index contributed by atoms with van der Waals surface area (Å²) in [6, 6.07) is 67.8. The average molecular weight is 781 g/mol. The molecule has 60 heavy (non-hydrogen) atoms. The van der Waals surface area contributed by atoms with Gasteiger partial charge in [0.1, 0.15) is 11.2 Å². The second-order valence-electron chi connectivity index (χ2n) is 16.6. The fourth-order valence-electron chi connectivity index (χ4n) is 11.7. The number of thiophene rings is 1. The van der Waals surface area contributed by atoms with Crippen molar-refractivity contribution in [2.75, 3.05) is 0 Å². The molecule has 0 saturated carbocycles. The molecule has 13 aromatic rings. The molecule has 0 fully saturated rings. The van der Waals surface area contributed by atoms with Gasteiger partial charge in [-0.15, -0.1) is 11.3 Å². The van der Waals surface area contributed by atoms with Crippen LogP contribution in [-0.2, 0) is 0 Å². The number of furan rings is 1. The molecule has 0 aliphatic heterocycles. The first kappa shape index (κ1) is 31.6. The van der Waals surface area contributed by atoms with Gasteiger partial charge in [0.05, 0.1) is 38.8 Å². The van der Waals surface area contributed by atoms with E-state index in [2.05, 4.69) is 191 Å². The van der Waals surface area contributed by atoms with Crippen LogP contribution < -0.4 is 0 Å². The highest BCUT2D eigenvalue weighted by Crippen LogP contribution is 2.60. The lowest BCUT2D eigenvalue weighted by molar-refractivity contribution is 0.669. The number of rotatable bonds is 2. The number of aromatic nitrogens is 2. The molecule has 2 atom stereocenters. The van der Waals surface area contributed by atoms with E-state index in [0.29, 0.717) is 0 Å². The van der Waals surface area contributed by atoms with E-state index in [1.165, 1.54) is 103 Å². The maximum atomic E-state index is 6.46. The number of benzene rings is 9. The van der Waals surface area contributed by atoms with Crippen molar-refractivity contribution in [3.05, 3.63) is 215 Å².